The van der Waals surface area contributed by atoms with Gasteiger partial charge >= 0.3 is 0 Å². The van der Waals surface area contributed by atoms with Crippen LogP contribution < -0.4 is 5.32 Å². The van der Waals surface area contributed by atoms with Crippen LogP contribution in [0.3, 0.4) is 0 Å². The molecule has 1 atom stereocenters. The van der Waals surface area contributed by atoms with Crippen molar-refractivity contribution in [1.29, 1.82) is 0 Å². The fraction of sp³-hybridized carbons (Fsp3) is 0.133. The van der Waals surface area contributed by atoms with E-state index in [0.29, 0.717) is 0 Å². The van der Waals surface area contributed by atoms with Gasteiger partial charge in [0.15, 0.2) is 0 Å². The summed E-state index contributed by atoms with van der Waals surface area (Å²) in [6.45, 7) is 0. The molecular weight excluding hydrogens is 208 g/mol. The Labute approximate surface area is 102 Å². The van der Waals surface area contributed by atoms with E-state index in [-0.39, 0.29) is 6.17 Å². The molecule has 0 aliphatic carbocycles. The van der Waals surface area contributed by atoms with E-state index in [2.05, 4.69) is 22.4 Å². The maximum atomic E-state index is 4.55. The van der Waals surface area contributed by atoms with Crippen molar-refractivity contribution in [2.24, 2.45) is 4.99 Å². The molecule has 0 aliphatic rings. The van der Waals surface area contributed by atoms with Crippen molar-refractivity contribution in [3.8, 4) is 0 Å². The molecule has 0 bridgehead atoms. The zero-order chi connectivity index (χ0) is 11.9. The first kappa shape index (κ1) is 11.6. The van der Waals surface area contributed by atoms with Gasteiger partial charge < -0.3 is 0 Å². The third-order valence-corrected chi connectivity index (χ3v) is 2.56. The van der Waals surface area contributed by atoms with Crippen molar-refractivity contribution in [3.05, 3.63) is 71.8 Å². The molecule has 17 heavy (non-hydrogen) atoms. The summed E-state index contributed by atoms with van der Waals surface area (Å²) in [5, 5.41) is 3.19. The topological polar surface area (TPSA) is 24.4 Å². The monoisotopic (exact) mass is 224 g/mol. The first-order valence-electron chi connectivity index (χ1n) is 5.70. The minimum absolute atomic E-state index is 0.0106. The van der Waals surface area contributed by atoms with E-state index < -0.39 is 0 Å². The van der Waals surface area contributed by atoms with E-state index in [9.17, 15) is 0 Å². The van der Waals surface area contributed by atoms with Crippen molar-refractivity contribution in [2.45, 2.75) is 6.17 Å². The molecule has 1 N–H and O–H groups in total. The summed E-state index contributed by atoms with van der Waals surface area (Å²) in [6.07, 6.45) is 1.91. The second-order valence-electron chi connectivity index (χ2n) is 3.79. The van der Waals surface area contributed by atoms with Crippen LogP contribution >= 0.6 is 0 Å². The fourth-order valence-electron chi connectivity index (χ4n) is 1.66. The lowest BCUT2D eigenvalue weighted by Crippen LogP contribution is -2.14. The Morgan fingerprint density at radius 3 is 2.12 bits per heavy atom. The number of nitrogens with one attached hydrogen (secondary N) is 1. The SMILES string of the molecule is CNC(/N=C/c1ccccc1)c1ccccc1. The van der Waals surface area contributed by atoms with Crippen LogP contribution in [0.2, 0.25) is 0 Å². The van der Waals surface area contributed by atoms with Gasteiger partial charge in [-0.15, -0.1) is 0 Å². The standard InChI is InChI=1S/C15H16N2/c1-16-15(14-10-6-3-7-11-14)17-12-13-8-4-2-5-9-13/h2-12,15-16H,1H3/b17-12+. The van der Waals surface area contributed by atoms with Crippen LogP contribution in [0, 0.1) is 0 Å². The summed E-state index contributed by atoms with van der Waals surface area (Å²) in [4.78, 5) is 4.55. The zero-order valence-electron chi connectivity index (χ0n) is 9.88. The molecule has 2 aromatic rings. The summed E-state index contributed by atoms with van der Waals surface area (Å²) < 4.78 is 0. The van der Waals surface area contributed by atoms with Crippen LogP contribution in [0.4, 0.5) is 0 Å². The van der Waals surface area contributed by atoms with Gasteiger partial charge in [-0.2, -0.15) is 0 Å². The predicted molar refractivity (Wildman–Crippen MR) is 72.3 cm³/mol. The van der Waals surface area contributed by atoms with Crippen molar-refractivity contribution in [3.63, 3.8) is 0 Å². The first-order valence-corrected chi connectivity index (χ1v) is 5.70. The van der Waals surface area contributed by atoms with E-state index in [1.807, 2.05) is 61.8 Å². The molecule has 0 fully saturated rings. The lowest BCUT2D eigenvalue weighted by molar-refractivity contribution is 0.628. The van der Waals surface area contributed by atoms with Crippen molar-refractivity contribution >= 4 is 6.21 Å². The number of hydrogen-bond acceptors (Lipinski definition) is 2. The number of hydrogen-bond donors (Lipinski definition) is 1. The van der Waals surface area contributed by atoms with Crippen LogP contribution in [0.1, 0.15) is 17.3 Å². The Morgan fingerprint density at radius 1 is 0.941 bits per heavy atom. The normalized spacial score (nSPS) is 12.8. The third kappa shape index (κ3) is 3.26. The van der Waals surface area contributed by atoms with Crippen LogP contribution in [-0.4, -0.2) is 13.3 Å². The molecule has 0 heterocycles. The van der Waals surface area contributed by atoms with Gasteiger partial charge in [0.25, 0.3) is 0 Å². The van der Waals surface area contributed by atoms with Gasteiger partial charge in [0.1, 0.15) is 6.17 Å². The largest absolute Gasteiger partial charge is 0.295 e. The van der Waals surface area contributed by atoms with Gasteiger partial charge in [-0.25, -0.2) is 0 Å². The van der Waals surface area contributed by atoms with E-state index in [1.54, 1.807) is 0 Å². The highest BCUT2D eigenvalue weighted by Crippen LogP contribution is 2.13. The molecule has 2 nitrogen and oxygen atoms in total. The number of benzene rings is 2. The minimum atomic E-state index is 0.0106. The smallest absolute Gasteiger partial charge is 0.125 e. The highest BCUT2D eigenvalue weighted by molar-refractivity contribution is 5.79. The fourth-order valence-corrected chi connectivity index (χ4v) is 1.66. The van der Waals surface area contributed by atoms with Gasteiger partial charge in [0.05, 0.1) is 0 Å². The number of aliphatic imine (C=N–C) groups is 1. The number of rotatable bonds is 4. The van der Waals surface area contributed by atoms with E-state index in [1.165, 1.54) is 5.56 Å². The summed E-state index contributed by atoms with van der Waals surface area (Å²) in [5.41, 5.74) is 2.28. The van der Waals surface area contributed by atoms with Gasteiger partial charge in [0, 0.05) is 6.21 Å². The van der Waals surface area contributed by atoms with Crippen molar-refractivity contribution < 1.29 is 0 Å². The molecule has 0 radical (unpaired) electrons. The maximum Gasteiger partial charge on any atom is 0.125 e. The first-order chi connectivity index (χ1) is 8.40. The van der Waals surface area contributed by atoms with Crippen molar-refractivity contribution in [2.75, 3.05) is 7.05 Å². The number of nitrogens with zero attached hydrogens (tertiary/aromatic N) is 1. The molecule has 2 rings (SSSR count). The minimum Gasteiger partial charge on any atom is -0.295 e. The lowest BCUT2D eigenvalue weighted by atomic mass is 10.2. The van der Waals surface area contributed by atoms with Crippen LogP contribution in [0.25, 0.3) is 0 Å². The lowest BCUT2D eigenvalue weighted by Gasteiger charge is -2.11. The highest BCUT2D eigenvalue weighted by atomic mass is 15.0. The van der Waals surface area contributed by atoms with E-state index in [4.69, 9.17) is 0 Å². The zero-order valence-corrected chi connectivity index (χ0v) is 9.88. The quantitative estimate of drug-likeness (QED) is 0.793. The van der Waals surface area contributed by atoms with Gasteiger partial charge in [-0.05, 0) is 18.2 Å². The van der Waals surface area contributed by atoms with E-state index in [0.717, 1.165) is 5.56 Å². The Morgan fingerprint density at radius 2 is 1.53 bits per heavy atom. The highest BCUT2D eigenvalue weighted by Gasteiger charge is 2.04. The molecule has 2 heteroatoms. The molecule has 0 aliphatic heterocycles. The molecule has 0 amide bonds. The summed E-state index contributed by atoms with van der Waals surface area (Å²) >= 11 is 0. The second-order valence-corrected chi connectivity index (χ2v) is 3.79. The Balaban J connectivity index is 2.14. The molecule has 86 valence electrons. The molecular formula is C15H16N2. The van der Waals surface area contributed by atoms with Crippen LogP contribution in [0.5, 0.6) is 0 Å². The Kier molecular flexibility index (Phi) is 4.05. The third-order valence-electron chi connectivity index (χ3n) is 2.56. The summed E-state index contributed by atoms with van der Waals surface area (Å²) in [6, 6.07) is 20.3. The van der Waals surface area contributed by atoms with Crippen LogP contribution in [0.15, 0.2) is 65.7 Å². The summed E-state index contributed by atoms with van der Waals surface area (Å²) in [7, 11) is 1.92. The second kappa shape index (κ2) is 5.97. The predicted octanol–water partition coefficient (Wildman–Crippen LogP) is 3.02. The Hall–Kier alpha value is -1.93. The molecule has 1 unspecified atom stereocenters. The average molecular weight is 224 g/mol. The Bertz CT molecular complexity index is 463. The van der Waals surface area contributed by atoms with Gasteiger partial charge in [-0.3, -0.25) is 10.3 Å². The van der Waals surface area contributed by atoms with Crippen LogP contribution in [-0.2, 0) is 0 Å². The average Bonchev–Trinajstić information content (AvgIpc) is 2.42. The molecule has 0 saturated heterocycles. The molecule has 2 aromatic carbocycles. The van der Waals surface area contributed by atoms with Gasteiger partial charge in [-0.1, -0.05) is 60.7 Å². The van der Waals surface area contributed by atoms with Gasteiger partial charge in [0.2, 0.25) is 0 Å². The molecule has 0 saturated carbocycles. The maximum absolute atomic E-state index is 4.55. The van der Waals surface area contributed by atoms with Crippen molar-refractivity contribution in [1.82, 2.24) is 5.32 Å². The van der Waals surface area contributed by atoms with E-state index >= 15 is 0 Å². The molecule has 0 aromatic heterocycles. The summed E-state index contributed by atoms with van der Waals surface area (Å²) in [5.74, 6) is 0. The molecule has 0 spiro atoms.